The van der Waals surface area contributed by atoms with E-state index >= 15 is 0 Å². The Morgan fingerprint density at radius 3 is 2.28 bits per heavy atom. The zero-order valence-corrected chi connectivity index (χ0v) is 27.0. The average molecular weight is 669 g/mol. The molecular weight excluding hydrogens is 632 g/mol. The number of rotatable bonds is 11. The molecule has 0 saturated carbocycles. The maximum Gasteiger partial charge on any atom is 0.490 e. The molecule has 14 heteroatoms. The second kappa shape index (κ2) is 17.9. The number of methoxy groups -OCH3 is 2. The first-order valence-corrected chi connectivity index (χ1v) is 15.1. The third-order valence-electron chi connectivity index (χ3n) is 5.94. The number of nitrogens with zero attached hydrogens (tertiary/aromatic N) is 1. The normalized spacial score (nSPS) is 11.3. The van der Waals surface area contributed by atoms with Crippen LogP contribution >= 0.6 is 11.3 Å². The largest absolute Gasteiger partial charge is 0.494 e. The fourth-order valence-corrected chi connectivity index (χ4v) is 4.86. The van der Waals surface area contributed by atoms with Crippen molar-refractivity contribution in [3.63, 3.8) is 0 Å². The van der Waals surface area contributed by atoms with Crippen LogP contribution in [-0.4, -0.2) is 62.1 Å². The zero-order valence-electron chi connectivity index (χ0n) is 26.2. The Morgan fingerprint density at radius 2 is 1.63 bits per heavy atom. The molecule has 1 amide bonds. The van der Waals surface area contributed by atoms with Gasteiger partial charge in [-0.15, -0.1) is 11.3 Å². The molecule has 0 radical (unpaired) electrons. The molecule has 4 rings (SSSR count). The van der Waals surface area contributed by atoms with Gasteiger partial charge in [0.2, 0.25) is 0 Å². The lowest BCUT2D eigenvalue weighted by Crippen LogP contribution is -2.28. The van der Waals surface area contributed by atoms with Crippen LogP contribution in [0.5, 0.6) is 17.2 Å². The molecule has 46 heavy (non-hydrogen) atoms. The predicted molar refractivity (Wildman–Crippen MR) is 167 cm³/mol. The highest BCUT2D eigenvalue weighted by Gasteiger charge is 2.40. The lowest BCUT2D eigenvalue weighted by Gasteiger charge is -2.15. The molecule has 4 aromatic rings. The van der Waals surface area contributed by atoms with E-state index in [1.165, 1.54) is 49.8 Å². The lowest BCUT2D eigenvalue weighted by atomic mass is 10.1. The van der Waals surface area contributed by atoms with E-state index in [2.05, 4.69) is 15.0 Å². The van der Waals surface area contributed by atoms with Gasteiger partial charge in [0, 0.05) is 28.4 Å². The van der Waals surface area contributed by atoms with Crippen molar-refractivity contribution in [2.24, 2.45) is 0 Å². The molecule has 0 aliphatic carbocycles. The summed E-state index contributed by atoms with van der Waals surface area (Å²) in [6.07, 6.45) is -6.31. The summed E-state index contributed by atoms with van der Waals surface area (Å²) in [7, 11) is 2.77. The van der Waals surface area contributed by atoms with Crippen LogP contribution in [0.15, 0.2) is 53.9 Å². The van der Waals surface area contributed by atoms with Crippen LogP contribution < -0.4 is 19.5 Å². The number of aliphatic hydroxyl groups excluding tert-OH is 1. The first-order chi connectivity index (χ1) is 22.0. The summed E-state index contributed by atoms with van der Waals surface area (Å²) in [6.45, 7) is 6.76. The van der Waals surface area contributed by atoms with E-state index in [9.17, 15) is 32.3 Å². The van der Waals surface area contributed by atoms with Gasteiger partial charge in [-0.1, -0.05) is 39.8 Å². The number of ether oxygens (including phenoxy) is 4. The molecule has 2 aromatic heterocycles. The van der Waals surface area contributed by atoms with Crippen LogP contribution in [0.25, 0.3) is 21.3 Å². The van der Waals surface area contributed by atoms with Gasteiger partial charge in [0.1, 0.15) is 36.6 Å². The summed E-state index contributed by atoms with van der Waals surface area (Å²) in [5.74, 6) is -2.62. The molecule has 9 nitrogen and oxygen atoms in total. The zero-order chi connectivity index (χ0) is 34.4. The van der Waals surface area contributed by atoms with Crippen molar-refractivity contribution < 1.29 is 51.2 Å². The van der Waals surface area contributed by atoms with Gasteiger partial charge in [0.15, 0.2) is 11.5 Å². The molecule has 0 saturated heterocycles. The smallest absolute Gasteiger partial charge is 0.490 e. The van der Waals surface area contributed by atoms with Gasteiger partial charge in [-0.2, -0.15) is 13.2 Å². The molecule has 2 aromatic carbocycles. The van der Waals surface area contributed by atoms with Crippen LogP contribution in [0.3, 0.4) is 0 Å². The molecular formula is C32H36F4N2O7S. The minimum Gasteiger partial charge on any atom is -0.494 e. The summed E-state index contributed by atoms with van der Waals surface area (Å²) in [4.78, 5) is 28.1. The van der Waals surface area contributed by atoms with Crippen molar-refractivity contribution in [1.82, 2.24) is 10.3 Å². The maximum absolute atomic E-state index is 14.2. The van der Waals surface area contributed by atoms with E-state index in [4.69, 9.17) is 14.2 Å². The van der Waals surface area contributed by atoms with Gasteiger partial charge < -0.3 is 29.4 Å². The number of nitrogens with one attached hydrogen (secondary N) is 1. The number of aliphatic hydroxyl groups is 1. The molecule has 2 heterocycles. The second-order valence-electron chi connectivity index (χ2n) is 8.63. The van der Waals surface area contributed by atoms with Crippen LogP contribution in [0.1, 0.15) is 49.9 Å². The van der Waals surface area contributed by atoms with Gasteiger partial charge >= 0.3 is 12.1 Å². The fourth-order valence-electron chi connectivity index (χ4n) is 3.90. The summed E-state index contributed by atoms with van der Waals surface area (Å²) >= 11 is 1.22. The van der Waals surface area contributed by atoms with Gasteiger partial charge in [-0.3, -0.25) is 4.79 Å². The number of halogens is 4. The minimum atomic E-state index is -5.11. The Balaban J connectivity index is 0.00000177. The monoisotopic (exact) mass is 668 g/mol. The van der Waals surface area contributed by atoms with Gasteiger partial charge in [0.25, 0.3) is 5.91 Å². The number of aromatic nitrogens is 1. The maximum atomic E-state index is 14.2. The summed E-state index contributed by atoms with van der Waals surface area (Å²) in [5.41, 5.74) is 1.43. The third-order valence-corrected chi connectivity index (χ3v) is 6.94. The standard InChI is InChI=1S/C28H24F4N2O7S.2C2H6/c1-38-22-9-7-19(34-24(22)17-14-42-25-16(17)4-3-5-18(25)29)20(35)13-33-26(36)15-6-8-21(23(12-15)39-2)40-10-11-41-27(37)28(30,31)32;2*1-2/h3-9,12,14,20,35H,10-11,13H2,1-2H3,(H,33,36);2*1-2H3. The van der Waals surface area contributed by atoms with Crippen LogP contribution in [0.2, 0.25) is 0 Å². The number of hydrogen-bond donors (Lipinski definition) is 2. The quantitative estimate of drug-likeness (QED) is 0.0987. The van der Waals surface area contributed by atoms with Crippen molar-refractivity contribution in [3.8, 4) is 28.5 Å². The SMILES string of the molecule is CC.CC.COc1cc(C(=O)NCC(O)c2ccc(OC)c(-c3csc4c(F)cccc34)n2)ccc1OCCOC(=O)C(F)(F)F. The Kier molecular flexibility index (Phi) is 14.7. The summed E-state index contributed by atoms with van der Waals surface area (Å²) in [5, 5.41) is 15.8. The Morgan fingerprint density at radius 1 is 0.957 bits per heavy atom. The van der Waals surface area contributed by atoms with Crippen LogP contribution in [0.4, 0.5) is 17.6 Å². The number of thiophene rings is 1. The lowest BCUT2D eigenvalue weighted by molar-refractivity contribution is -0.200. The van der Waals surface area contributed by atoms with Gasteiger partial charge in [-0.25, -0.2) is 14.2 Å². The molecule has 0 aliphatic heterocycles. The van der Waals surface area contributed by atoms with E-state index in [0.717, 1.165) is 0 Å². The topological polar surface area (TPSA) is 116 Å². The number of esters is 1. The summed E-state index contributed by atoms with van der Waals surface area (Å²) in [6, 6.07) is 12.0. The number of amides is 1. The van der Waals surface area contributed by atoms with Crippen LogP contribution in [0, 0.1) is 5.82 Å². The molecule has 0 fully saturated rings. The second-order valence-corrected chi connectivity index (χ2v) is 9.51. The van der Waals surface area contributed by atoms with Crippen molar-refractivity contribution in [2.75, 3.05) is 34.0 Å². The predicted octanol–water partition coefficient (Wildman–Crippen LogP) is 7.12. The minimum absolute atomic E-state index is 0.103. The molecule has 250 valence electrons. The molecule has 1 atom stereocenters. The molecule has 0 spiro atoms. The summed E-state index contributed by atoms with van der Waals surface area (Å²) < 4.78 is 71.3. The first-order valence-electron chi connectivity index (χ1n) is 14.3. The van der Waals surface area contributed by atoms with Crippen molar-refractivity contribution in [2.45, 2.75) is 40.0 Å². The molecule has 0 aliphatic rings. The number of carbonyl (C=O) groups is 2. The van der Waals surface area contributed by atoms with E-state index < -0.39 is 30.8 Å². The fraction of sp³-hybridized carbons (Fsp3) is 0.344. The average Bonchev–Trinajstić information content (AvgIpc) is 3.51. The van der Waals surface area contributed by atoms with Gasteiger partial charge in [-0.05, 0) is 36.4 Å². The van der Waals surface area contributed by atoms with Crippen molar-refractivity contribution >= 4 is 33.3 Å². The number of carbonyl (C=O) groups excluding carboxylic acids is 2. The highest BCUT2D eigenvalue weighted by Crippen LogP contribution is 2.39. The molecule has 2 N–H and O–H groups in total. The van der Waals surface area contributed by atoms with E-state index in [-0.39, 0.29) is 41.7 Å². The molecule has 1 unspecified atom stereocenters. The number of pyridine rings is 1. The highest BCUT2D eigenvalue weighted by atomic mass is 32.1. The van der Waals surface area contributed by atoms with E-state index in [0.29, 0.717) is 27.1 Å². The van der Waals surface area contributed by atoms with Gasteiger partial charge in [0.05, 0.1) is 24.6 Å². The van der Waals surface area contributed by atoms with Crippen molar-refractivity contribution in [1.29, 1.82) is 0 Å². The van der Waals surface area contributed by atoms with E-state index in [1.807, 2.05) is 27.7 Å². The number of fused-ring (bicyclic) bond motifs is 1. The Hall–Kier alpha value is -4.43. The third kappa shape index (κ3) is 9.54. The van der Waals surface area contributed by atoms with E-state index in [1.54, 1.807) is 29.6 Å². The Labute approximate surface area is 268 Å². The number of alkyl halides is 3. The van der Waals surface area contributed by atoms with Crippen LogP contribution in [-0.2, 0) is 9.53 Å². The first kappa shape index (κ1) is 37.8. The molecule has 0 bridgehead atoms. The van der Waals surface area contributed by atoms with Crippen molar-refractivity contribution in [3.05, 3.63) is 71.0 Å². The number of hydrogen-bond acceptors (Lipinski definition) is 9. The number of benzene rings is 2. The highest BCUT2D eigenvalue weighted by molar-refractivity contribution is 7.17. The Bertz CT molecular complexity index is 1590.